The molecule has 2 aromatic heterocycles. The predicted octanol–water partition coefficient (Wildman–Crippen LogP) is 3.87. The van der Waals surface area contributed by atoms with Crippen LogP contribution in [0.25, 0.3) is 16.5 Å². The molecule has 2 heterocycles. The molecule has 0 fully saturated rings. The zero-order chi connectivity index (χ0) is 17.6. The van der Waals surface area contributed by atoms with Gasteiger partial charge in [0.2, 0.25) is 0 Å². The first-order valence-electron chi connectivity index (χ1n) is 7.39. The van der Waals surface area contributed by atoms with Crippen LogP contribution >= 0.6 is 22.9 Å². The summed E-state index contributed by atoms with van der Waals surface area (Å²) in [6.45, 7) is 0. The summed E-state index contributed by atoms with van der Waals surface area (Å²) in [5.74, 6) is -0.830. The molecule has 0 aliphatic rings. The largest absolute Gasteiger partial charge is 0.357 e. The molecule has 5 nitrogen and oxygen atoms in total. The summed E-state index contributed by atoms with van der Waals surface area (Å²) >= 11 is 7.54. The lowest BCUT2D eigenvalue weighted by Crippen LogP contribution is -2.40. The Labute approximate surface area is 153 Å². The van der Waals surface area contributed by atoms with Gasteiger partial charge in [0.25, 0.3) is 11.8 Å². The fourth-order valence-electron chi connectivity index (χ4n) is 2.10. The van der Waals surface area contributed by atoms with Crippen molar-refractivity contribution in [3.05, 3.63) is 76.4 Å². The van der Waals surface area contributed by atoms with E-state index in [4.69, 9.17) is 11.6 Å². The van der Waals surface area contributed by atoms with Gasteiger partial charge in [-0.25, -0.2) is 0 Å². The molecule has 126 valence electrons. The Hall–Kier alpha value is -2.83. The molecule has 0 radical (unpaired) electrons. The first-order chi connectivity index (χ1) is 12.1. The topological polar surface area (TPSA) is 74.0 Å². The minimum Gasteiger partial charge on any atom is -0.357 e. The number of benzene rings is 1. The van der Waals surface area contributed by atoms with Crippen molar-refractivity contribution in [3.63, 3.8) is 0 Å². The van der Waals surface area contributed by atoms with Crippen LogP contribution < -0.4 is 10.9 Å². The smallest absolute Gasteiger partial charge is 0.286 e. The van der Waals surface area contributed by atoms with Gasteiger partial charge in [-0.1, -0.05) is 23.7 Å². The lowest BCUT2D eigenvalue weighted by molar-refractivity contribution is -0.117. The number of amides is 2. The van der Waals surface area contributed by atoms with E-state index < -0.39 is 11.8 Å². The van der Waals surface area contributed by atoms with Crippen molar-refractivity contribution in [2.24, 2.45) is 0 Å². The first-order valence-corrected chi connectivity index (χ1v) is 8.59. The third kappa shape index (κ3) is 4.59. The lowest BCUT2D eigenvalue weighted by atomic mass is 10.2. The molecule has 0 unspecified atom stereocenters. The highest BCUT2D eigenvalue weighted by Gasteiger charge is 2.06. The second-order valence-corrected chi connectivity index (χ2v) is 6.62. The molecule has 3 aromatic rings. The quantitative estimate of drug-likeness (QED) is 0.481. The van der Waals surface area contributed by atoms with Crippen molar-refractivity contribution in [2.45, 2.75) is 0 Å². The Balaban J connectivity index is 1.57. The Morgan fingerprint density at radius 2 is 1.96 bits per heavy atom. The number of aromatic amines is 1. The summed E-state index contributed by atoms with van der Waals surface area (Å²) in [6.07, 6.45) is 4.68. The van der Waals surface area contributed by atoms with Crippen molar-refractivity contribution in [3.8, 4) is 10.4 Å². The standard InChI is InChI=1S/C18H14ClN3O2S/c19-13-4-1-3-12(11-13)16-8-6-14(25-16)7-9-17(23)21-22-18(24)15-5-2-10-20-15/h1-11,20H,(H,21,23)(H,22,24)/b9-7+. The number of nitrogens with one attached hydrogen (secondary N) is 3. The highest BCUT2D eigenvalue weighted by atomic mass is 35.5. The molecule has 0 saturated heterocycles. The van der Waals surface area contributed by atoms with E-state index in [1.165, 1.54) is 6.08 Å². The van der Waals surface area contributed by atoms with E-state index in [1.54, 1.807) is 35.7 Å². The van der Waals surface area contributed by atoms with Crippen LogP contribution in [0.2, 0.25) is 5.02 Å². The van der Waals surface area contributed by atoms with Gasteiger partial charge < -0.3 is 4.98 Å². The number of halogens is 1. The molecule has 0 saturated carbocycles. The van der Waals surface area contributed by atoms with Gasteiger partial charge in [-0.3, -0.25) is 20.4 Å². The summed E-state index contributed by atoms with van der Waals surface area (Å²) in [5, 5.41) is 0.681. The van der Waals surface area contributed by atoms with Gasteiger partial charge >= 0.3 is 0 Å². The molecule has 3 rings (SSSR count). The van der Waals surface area contributed by atoms with Gasteiger partial charge in [0.15, 0.2) is 0 Å². The maximum atomic E-state index is 11.8. The lowest BCUT2D eigenvalue weighted by Gasteiger charge is -2.03. The fourth-order valence-corrected chi connectivity index (χ4v) is 3.19. The van der Waals surface area contributed by atoms with E-state index in [-0.39, 0.29) is 0 Å². The Bertz CT molecular complexity index is 916. The Morgan fingerprint density at radius 1 is 1.08 bits per heavy atom. The van der Waals surface area contributed by atoms with Crippen molar-refractivity contribution in [2.75, 3.05) is 0 Å². The molecular weight excluding hydrogens is 358 g/mol. The second-order valence-electron chi connectivity index (χ2n) is 5.07. The number of hydrazine groups is 1. The number of carbonyl (C=O) groups excluding carboxylic acids is 2. The third-order valence-electron chi connectivity index (χ3n) is 3.28. The van der Waals surface area contributed by atoms with E-state index in [1.807, 2.05) is 36.4 Å². The number of aromatic nitrogens is 1. The van der Waals surface area contributed by atoms with Crippen LogP contribution in [0.4, 0.5) is 0 Å². The average molecular weight is 372 g/mol. The summed E-state index contributed by atoms with van der Waals surface area (Å²) in [7, 11) is 0. The van der Waals surface area contributed by atoms with Crippen LogP contribution in [0.3, 0.4) is 0 Å². The molecule has 3 N–H and O–H groups in total. The predicted molar refractivity (Wildman–Crippen MR) is 100 cm³/mol. The van der Waals surface area contributed by atoms with Crippen molar-refractivity contribution < 1.29 is 9.59 Å². The molecular formula is C18H14ClN3O2S. The zero-order valence-corrected chi connectivity index (χ0v) is 14.5. The Morgan fingerprint density at radius 3 is 2.72 bits per heavy atom. The van der Waals surface area contributed by atoms with Crippen LogP contribution in [0.1, 0.15) is 15.4 Å². The van der Waals surface area contributed by atoms with E-state index in [9.17, 15) is 9.59 Å². The van der Waals surface area contributed by atoms with Gasteiger partial charge in [-0.05, 0) is 48.0 Å². The van der Waals surface area contributed by atoms with Crippen LogP contribution in [0.15, 0.2) is 60.8 Å². The maximum absolute atomic E-state index is 11.8. The van der Waals surface area contributed by atoms with Gasteiger partial charge in [0, 0.05) is 27.0 Å². The van der Waals surface area contributed by atoms with E-state index in [2.05, 4.69) is 15.8 Å². The number of H-pyrrole nitrogens is 1. The van der Waals surface area contributed by atoms with E-state index >= 15 is 0 Å². The van der Waals surface area contributed by atoms with Gasteiger partial charge in [0.05, 0.1) is 0 Å². The summed E-state index contributed by atoms with van der Waals surface area (Å²) in [4.78, 5) is 28.2. The van der Waals surface area contributed by atoms with Crippen LogP contribution in [-0.4, -0.2) is 16.8 Å². The highest BCUT2D eigenvalue weighted by Crippen LogP contribution is 2.30. The summed E-state index contributed by atoms with van der Waals surface area (Å²) < 4.78 is 0. The molecule has 0 spiro atoms. The molecule has 2 amide bonds. The first kappa shape index (κ1) is 17.0. The van der Waals surface area contributed by atoms with Crippen LogP contribution in [-0.2, 0) is 4.79 Å². The van der Waals surface area contributed by atoms with Gasteiger partial charge in [-0.15, -0.1) is 11.3 Å². The monoisotopic (exact) mass is 371 g/mol. The molecule has 25 heavy (non-hydrogen) atoms. The Kier molecular flexibility index (Phi) is 5.33. The molecule has 0 aliphatic heterocycles. The summed E-state index contributed by atoms with van der Waals surface area (Å²) in [5.41, 5.74) is 6.05. The summed E-state index contributed by atoms with van der Waals surface area (Å²) in [6, 6.07) is 14.8. The van der Waals surface area contributed by atoms with E-state index in [0.717, 1.165) is 15.3 Å². The van der Waals surface area contributed by atoms with E-state index in [0.29, 0.717) is 10.7 Å². The number of hydrogen-bond donors (Lipinski definition) is 3. The van der Waals surface area contributed by atoms with Crippen molar-refractivity contribution in [1.29, 1.82) is 0 Å². The zero-order valence-electron chi connectivity index (χ0n) is 13.0. The van der Waals surface area contributed by atoms with Gasteiger partial charge in [-0.2, -0.15) is 0 Å². The third-order valence-corrected chi connectivity index (χ3v) is 4.61. The minimum absolute atomic E-state index is 0.369. The molecule has 7 heteroatoms. The van der Waals surface area contributed by atoms with Crippen LogP contribution in [0.5, 0.6) is 0 Å². The van der Waals surface area contributed by atoms with Crippen molar-refractivity contribution >= 4 is 40.8 Å². The normalized spacial score (nSPS) is 10.8. The molecule has 0 aliphatic carbocycles. The van der Waals surface area contributed by atoms with Crippen LogP contribution in [0, 0.1) is 0 Å². The number of rotatable bonds is 4. The fraction of sp³-hybridized carbons (Fsp3) is 0. The molecule has 0 bridgehead atoms. The minimum atomic E-state index is -0.419. The molecule has 1 aromatic carbocycles. The number of hydrogen-bond acceptors (Lipinski definition) is 3. The maximum Gasteiger partial charge on any atom is 0.286 e. The number of thiophene rings is 1. The average Bonchev–Trinajstić information content (AvgIpc) is 3.29. The molecule has 0 atom stereocenters. The SMILES string of the molecule is O=C(/C=C/c1ccc(-c2cccc(Cl)c2)s1)NNC(=O)c1ccc[nH]1. The van der Waals surface area contributed by atoms with Crippen molar-refractivity contribution in [1.82, 2.24) is 15.8 Å². The number of carbonyl (C=O) groups is 2. The highest BCUT2D eigenvalue weighted by molar-refractivity contribution is 7.16. The van der Waals surface area contributed by atoms with Gasteiger partial charge in [0.1, 0.15) is 5.69 Å². The second kappa shape index (κ2) is 7.83.